The maximum absolute atomic E-state index is 12.5. The van der Waals surface area contributed by atoms with Crippen LogP contribution in [0, 0.1) is 6.92 Å². The molecule has 2 aromatic rings. The topological polar surface area (TPSA) is 84.1 Å². The van der Waals surface area contributed by atoms with Crippen LogP contribution in [0.15, 0.2) is 30.3 Å². The van der Waals surface area contributed by atoms with Crippen LogP contribution in [0.4, 0.5) is 5.69 Å². The quantitative estimate of drug-likeness (QED) is 0.620. The molecule has 0 aliphatic carbocycles. The van der Waals surface area contributed by atoms with E-state index in [0.29, 0.717) is 17.9 Å². The monoisotopic (exact) mass is 341 g/mol. The van der Waals surface area contributed by atoms with Crippen LogP contribution in [0.2, 0.25) is 0 Å². The van der Waals surface area contributed by atoms with Gasteiger partial charge in [0.25, 0.3) is 5.91 Å². The second-order valence-electron chi connectivity index (χ2n) is 5.93. The molecule has 0 atom stereocenters. The summed E-state index contributed by atoms with van der Waals surface area (Å²) in [6, 6.07) is 7.20. The maximum Gasteiger partial charge on any atom is 0.330 e. The number of anilines is 1. The Morgan fingerprint density at radius 3 is 2.56 bits per heavy atom. The molecule has 0 fully saturated rings. The number of H-pyrrole nitrogens is 1. The lowest BCUT2D eigenvalue weighted by atomic mass is 10.0. The van der Waals surface area contributed by atoms with Gasteiger partial charge in [-0.1, -0.05) is 26.0 Å². The summed E-state index contributed by atoms with van der Waals surface area (Å²) in [5.74, 6) is -0.414. The Bertz CT molecular complexity index is 774. The molecular formula is C19H23N3O3. The molecule has 2 rings (SSSR count). The Morgan fingerprint density at radius 1 is 1.28 bits per heavy atom. The average Bonchev–Trinajstić information content (AvgIpc) is 2.96. The lowest BCUT2D eigenvalue weighted by molar-refractivity contribution is -0.137. The molecular weight excluding hydrogens is 318 g/mol. The molecule has 6 nitrogen and oxygen atoms in total. The van der Waals surface area contributed by atoms with Crippen molar-refractivity contribution in [2.45, 2.75) is 33.6 Å². The maximum atomic E-state index is 12.5. The van der Waals surface area contributed by atoms with Gasteiger partial charge in [-0.05, 0) is 43.5 Å². The molecule has 1 amide bonds. The van der Waals surface area contributed by atoms with Gasteiger partial charge in [0.2, 0.25) is 0 Å². The van der Waals surface area contributed by atoms with Crippen LogP contribution in [0.5, 0.6) is 0 Å². The van der Waals surface area contributed by atoms with E-state index < -0.39 is 0 Å². The van der Waals surface area contributed by atoms with Gasteiger partial charge in [0.05, 0.1) is 17.9 Å². The number of aryl methyl sites for hydroxylation is 1. The Morgan fingerprint density at radius 2 is 1.96 bits per heavy atom. The molecule has 25 heavy (non-hydrogen) atoms. The fourth-order valence-corrected chi connectivity index (χ4v) is 2.38. The predicted molar refractivity (Wildman–Crippen MR) is 97.5 cm³/mol. The smallest absolute Gasteiger partial charge is 0.330 e. The molecule has 2 N–H and O–H groups in total. The molecule has 0 saturated heterocycles. The number of nitrogens with one attached hydrogen (secondary N) is 2. The SMILES string of the molecule is CCOC(=O)C=Cc1ccc(NC(=O)c2c(C(C)C)n[nH]c2C)cc1. The van der Waals surface area contributed by atoms with Gasteiger partial charge in [-0.15, -0.1) is 0 Å². The summed E-state index contributed by atoms with van der Waals surface area (Å²) in [4.78, 5) is 23.9. The highest BCUT2D eigenvalue weighted by Gasteiger charge is 2.20. The highest BCUT2D eigenvalue weighted by atomic mass is 16.5. The van der Waals surface area contributed by atoms with Crippen molar-refractivity contribution in [3.05, 3.63) is 52.9 Å². The summed E-state index contributed by atoms with van der Waals surface area (Å²) in [7, 11) is 0. The zero-order chi connectivity index (χ0) is 18.4. The largest absolute Gasteiger partial charge is 0.463 e. The lowest BCUT2D eigenvalue weighted by Gasteiger charge is -2.08. The van der Waals surface area contributed by atoms with E-state index in [4.69, 9.17) is 4.74 Å². The van der Waals surface area contributed by atoms with E-state index in [2.05, 4.69) is 15.5 Å². The van der Waals surface area contributed by atoms with E-state index in [1.807, 2.05) is 32.9 Å². The van der Waals surface area contributed by atoms with Gasteiger partial charge in [0, 0.05) is 17.5 Å². The number of benzene rings is 1. The highest BCUT2D eigenvalue weighted by molar-refractivity contribution is 6.06. The molecule has 1 aromatic heterocycles. The van der Waals surface area contributed by atoms with Crippen LogP contribution in [0.3, 0.4) is 0 Å². The van der Waals surface area contributed by atoms with Gasteiger partial charge in [0.1, 0.15) is 0 Å². The standard InChI is InChI=1S/C19H23N3O3/c1-5-25-16(23)11-8-14-6-9-15(10-7-14)20-19(24)17-13(4)21-22-18(17)12(2)3/h6-12H,5H2,1-4H3,(H,20,24)(H,21,22). The van der Waals surface area contributed by atoms with E-state index in [1.54, 1.807) is 25.1 Å². The summed E-state index contributed by atoms with van der Waals surface area (Å²) in [6.07, 6.45) is 3.04. The first-order valence-corrected chi connectivity index (χ1v) is 8.23. The number of ether oxygens (including phenoxy) is 1. The fraction of sp³-hybridized carbons (Fsp3) is 0.316. The van der Waals surface area contributed by atoms with Crippen molar-refractivity contribution >= 4 is 23.6 Å². The number of rotatable bonds is 6. The minimum Gasteiger partial charge on any atom is -0.463 e. The van der Waals surface area contributed by atoms with E-state index >= 15 is 0 Å². The number of hydrogen-bond donors (Lipinski definition) is 2. The summed E-state index contributed by atoms with van der Waals surface area (Å²) in [5.41, 5.74) is 3.60. The second kappa shape index (κ2) is 8.28. The first-order chi connectivity index (χ1) is 11.9. The predicted octanol–water partition coefficient (Wildman–Crippen LogP) is 3.67. The third kappa shape index (κ3) is 4.79. The van der Waals surface area contributed by atoms with Crippen LogP contribution >= 0.6 is 0 Å². The summed E-state index contributed by atoms with van der Waals surface area (Å²) in [5, 5.41) is 9.96. The molecule has 6 heteroatoms. The van der Waals surface area contributed by atoms with E-state index in [-0.39, 0.29) is 17.8 Å². The van der Waals surface area contributed by atoms with Crippen molar-refractivity contribution in [3.8, 4) is 0 Å². The van der Waals surface area contributed by atoms with Gasteiger partial charge in [0.15, 0.2) is 0 Å². The summed E-state index contributed by atoms with van der Waals surface area (Å²) in [6.45, 7) is 7.93. The van der Waals surface area contributed by atoms with Crippen molar-refractivity contribution in [1.29, 1.82) is 0 Å². The van der Waals surface area contributed by atoms with Gasteiger partial charge >= 0.3 is 5.97 Å². The highest BCUT2D eigenvalue weighted by Crippen LogP contribution is 2.21. The first kappa shape index (κ1) is 18.4. The Kier molecular flexibility index (Phi) is 6.11. The summed E-state index contributed by atoms with van der Waals surface area (Å²) >= 11 is 0. The Hall–Kier alpha value is -2.89. The molecule has 1 heterocycles. The van der Waals surface area contributed by atoms with Crippen LogP contribution in [0.25, 0.3) is 6.08 Å². The molecule has 0 bridgehead atoms. The Labute approximate surface area is 147 Å². The fourth-order valence-electron chi connectivity index (χ4n) is 2.38. The van der Waals surface area contributed by atoms with Gasteiger partial charge in [-0.2, -0.15) is 5.10 Å². The number of hydrogen-bond acceptors (Lipinski definition) is 4. The third-order valence-corrected chi connectivity index (χ3v) is 3.62. The molecule has 0 spiro atoms. The third-order valence-electron chi connectivity index (χ3n) is 3.62. The number of carbonyl (C=O) groups excluding carboxylic acids is 2. The number of aromatic nitrogens is 2. The zero-order valence-electron chi connectivity index (χ0n) is 14.9. The molecule has 0 saturated carbocycles. The number of nitrogens with zero attached hydrogens (tertiary/aromatic N) is 1. The number of esters is 1. The molecule has 0 aliphatic rings. The molecule has 0 radical (unpaired) electrons. The number of aromatic amines is 1. The average molecular weight is 341 g/mol. The van der Waals surface area contributed by atoms with Crippen molar-refractivity contribution in [2.24, 2.45) is 0 Å². The van der Waals surface area contributed by atoms with E-state index in [0.717, 1.165) is 17.0 Å². The molecule has 0 unspecified atom stereocenters. The van der Waals surface area contributed by atoms with Crippen LogP contribution in [-0.2, 0) is 9.53 Å². The minimum absolute atomic E-state index is 0.154. The van der Waals surface area contributed by atoms with Gasteiger partial charge in [-0.3, -0.25) is 9.89 Å². The lowest BCUT2D eigenvalue weighted by Crippen LogP contribution is -2.15. The Balaban J connectivity index is 2.08. The number of carbonyl (C=O) groups is 2. The molecule has 132 valence electrons. The summed E-state index contributed by atoms with van der Waals surface area (Å²) < 4.78 is 4.83. The molecule has 0 aliphatic heterocycles. The second-order valence-corrected chi connectivity index (χ2v) is 5.93. The van der Waals surface area contributed by atoms with Crippen molar-refractivity contribution < 1.29 is 14.3 Å². The normalized spacial score (nSPS) is 11.1. The van der Waals surface area contributed by atoms with Crippen LogP contribution in [0.1, 0.15) is 54.0 Å². The number of amides is 1. The van der Waals surface area contributed by atoms with Crippen LogP contribution in [-0.4, -0.2) is 28.7 Å². The van der Waals surface area contributed by atoms with Gasteiger partial charge in [-0.25, -0.2) is 4.79 Å². The van der Waals surface area contributed by atoms with Crippen molar-refractivity contribution in [3.63, 3.8) is 0 Å². The van der Waals surface area contributed by atoms with Gasteiger partial charge < -0.3 is 10.1 Å². The zero-order valence-corrected chi connectivity index (χ0v) is 14.9. The van der Waals surface area contributed by atoms with Crippen molar-refractivity contribution in [1.82, 2.24) is 10.2 Å². The molecule has 1 aromatic carbocycles. The minimum atomic E-state index is -0.378. The van der Waals surface area contributed by atoms with Crippen LogP contribution < -0.4 is 5.32 Å². The van der Waals surface area contributed by atoms with E-state index in [9.17, 15) is 9.59 Å². The van der Waals surface area contributed by atoms with E-state index in [1.165, 1.54) is 6.08 Å². The first-order valence-electron chi connectivity index (χ1n) is 8.23. The van der Waals surface area contributed by atoms with Crippen molar-refractivity contribution in [2.75, 3.05) is 11.9 Å².